The molecule has 3 heterocycles. The summed E-state index contributed by atoms with van der Waals surface area (Å²) in [7, 11) is -2.50. The third kappa shape index (κ3) is 8.40. The molecule has 2 saturated carbocycles. The van der Waals surface area contributed by atoms with Crippen LogP contribution < -0.4 is 4.90 Å². The van der Waals surface area contributed by atoms with Crippen molar-refractivity contribution in [2.75, 3.05) is 31.6 Å². The van der Waals surface area contributed by atoms with E-state index in [0.717, 1.165) is 58.8 Å². The highest BCUT2D eigenvalue weighted by atomic mass is 28.3. The van der Waals surface area contributed by atoms with E-state index in [4.69, 9.17) is 24.5 Å². The quantitative estimate of drug-likeness (QED) is 0.0820. The number of aliphatic hydroxyl groups is 1. The van der Waals surface area contributed by atoms with Gasteiger partial charge in [-0.05, 0) is 49.3 Å². The molecule has 0 aliphatic heterocycles. The van der Waals surface area contributed by atoms with Crippen LogP contribution in [0.15, 0.2) is 60.9 Å². The second-order valence-electron chi connectivity index (χ2n) is 16.3. The van der Waals surface area contributed by atoms with Gasteiger partial charge in [0.1, 0.15) is 24.9 Å². The van der Waals surface area contributed by atoms with Crippen LogP contribution >= 0.6 is 0 Å². The monoisotopic (exact) mass is 671 g/mol. The normalized spacial score (nSPS) is 21.4. The molecule has 252 valence electrons. The third-order valence-electron chi connectivity index (χ3n) is 9.79. The standard InChI is InChI=1S/C37H53N5O3Si2/c1-46(2,3)18-16-44-26-41(27-45-17-19-47(4,5)6)35-21-34(37(43)22-28-12-13-29(20-28)23-37)40-36-32(25-39-42(35)36)31-14-15-33(38-24-31)30-10-8-7-9-11-30/h7-11,14-15,21,24-25,28-29,43H,12-13,16-20,22-23,26-27H2,1-6H3/t28-,29+,37+. The molecule has 0 unspecified atom stereocenters. The maximum atomic E-state index is 12.3. The van der Waals surface area contributed by atoms with Crippen molar-refractivity contribution in [2.24, 2.45) is 11.8 Å². The Kier molecular flexibility index (Phi) is 10.1. The summed E-state index contributed by atoms with van der Waals surface area (Å²) in [6, 6.07) is 18.6. The first-order chi connectivity index (χ1) is 22.4. The summed E-state index contributed by atoms with van der Waals surface area (Å²) in [6.07, 6.45) is 8.89. The van der Waals surface area contributed by atoms with Crippen LogP contribution in [-0.2, 0) is 15.1 Å². The minimum atomic E-state index is -1.25. The first-order valence-electron chi connectivity index (χ1n) is 17.4. The lowest BCUT2D eigenvalue weighted by Crippen LogP contribution is -2.36. The fourth-order valence-electron chi connectivity index (χ4n) is 7.02. The SMILES string of the molecule is C[Si](C)(C)CCOCN(COCC[Si](C)(C)C)c1cc([C@]2(O)C[C@@H]3CC[C@@H](C3)C2)nc2c(-c3ccc(-c4ccccc4)nc3)cnn12. The maximum absolute atomic E-state index is 12.3. The van der Waals surface area contributed by atoms with Gasteiger partial charge < -0.3 is 19.5 Å². The van der Waals surface area contributed by atoms with Gasteiger partial charge in [0, 0.05) is 58.3 Å². The summed E-state index contributed by atoms with van der Waals surface area (Å²) in [5.41, 5.74) is 4.30. The lowest BCUT2D eigenvalue weighted by atomic mass is 9.75. The maximum Gasteiger partial charge on any atom is 0.165 e. The second-order valence-corrected chi connectivity index (χ2v) is 27.6. The van der Waals surface area contributed by atoms with E-state index in [0.29, 0.717) is 44.2 Å². The molecule has 2 aliphatic rings. The van der Waals surface area contributed by atoms with Crippen molar-refractivity contribution in [3.63, 3.8) is 0 Å². The average Bonchev–Trinajstić information content (AvgIpc) is 3.62. The summed E-state index contributed by atoms with van der Waals surface area (Å²) in [5.74, 6) is 1.92. The first-order valence-corrected chi connectivity index (χ1v) is 24.8. The van der Waals surface area contributed by atoms with Crippen molar-refractivity contribution in [1.82, 2.24) is 19.6 Å². The van der Waals surface area contributed by atoms with Gasteiger partial charge >= 0.3 is 0 Å². The van der Waals surface area contributed by atoms with Crippen molar-refractivity contribution in [1.29, 1.82) is 0 Å². The molecule has 1 aromatic carbocycles. The number of nitrogens with zero attached hydrogens (tertiary/aromatic N) is 5. The highest BCUT2D eigenvalue weighted by molar-refractivity contribution is 6.76. The van der Waals surface area contributed by atoms with E-state index in [1.165, 1.54) is 19.3 Å². The largest absolute Gasteiger partial charge is 0.384 e. The average molecular weight is 672 g/mol. The molecular formula is C37H53N5O3Si2. The van der Waals surface area contributed by atoms with Crippen LogP contribution in [0.25, 0.3) is 28.0 Å². The lowest BCUT2D eigenvalue weighted by molar-refractivity contribution is -0.0291. The molecule has 0 amide bonds. The molecule has 0 spiro atoms. The molecule has 2 fully saturated rings. The van der Waals surface area contributed by atoms with Crippen molar-refractivity contribution in [3.05, 3.63) is 66.6 Å². The van der Waals surface area contributed by atoms with Crippen LogP contribution in [-0.4, -0.2) is 67.5 Å². The lowest BCUT2D eigenvalue weighted by Gasteiger charge is -2.36. The molecule has 2 bridgehead atoms. The molecular weight excluding hydrogens is 619 g/mol. The fraction of sp³-hybridized carbons (Fsp3) is 0.541. The van der Waals surface area contributed by atoms with Crippen molar-refractivity contribution < 1.29 is 14.6 Å². The number of hydrogen-bond acceptors (Lipinski definition) is 7. The summed E-state index contributed by atoms with van der Waals surface area (Å²) in [6.45, 7) is 16.4. The van der Waals surface area contributed by atoms with E-state index in [2.05, 4.69) is 74.5 Å². The Labute approximate surface area is 282 Å². The number of rotatable bonds is 14. The van der Waals surface area contributed by atoms with Crippen LogP contribution in [0.4, 0.5) is 5.82 Å². The minimum absolute atomic E-state index is 0.377. The van der Waals surface area contributed by atoms with Gasteiger partial charge in [0.15, 0.2) is 5.65 Å². The zero-order valence-corrected chi connectivity index (χ0v) is 31.2. The number of pyridine rings is 1. The van der Waals surface area contributed by atoms with Crippen LogP contribution in [0.3, 0.4) is 0 Å². The third-order valence-corrected chi connectivity index (χ3v) is 13.2. The Morgan fingerprint density at radius 2 is 1.49 bits per heavy atom. The number of anilines is 1. The number of benzene rings is 1. The topological polar surface area (TPSA) is 85.0 Å². The van der Waals surface area contributed by atoms with Gasteiger partial charge in [-0.15, -0.1) is 0 Å². The molecule has 10 heteroatoms. The van der Waals surface area contributed by atoms with E-state index in [1.54, 1.807) is 0 Å². The van der Waals surface area contributed by atoms with Crippen molar-refractivity contribution in [2.45, 2.75) is 89.1 Å². The van der Waals surface area contributed by atoms with E-state index >= 15 is 0 Å². The summed E-state index contributed by atoms with van der Waals surface area (Å²) < 4.78 is 14.6. The Morgan fingerprint density at radius 3 is 2.06 bits per heavy atom. The highest BCUT2D eigenvalue weighted by Crippen LogP contribution is 2.50. The smallest absolute Gasteiger partial charge is 0.165 e. The second kappa shape index (κ2) is 13.9. The highest BCUT2D eigenvalue weighted by Gasteiger charge is 2.45. The van der Waals surface area contributed by atoms with E-state index in [1.807, 2.05) is 35.1 Å². The summed E-state index contributed by atoms with van der Waals surface area (Å²) in [4.78, 5) is 12.1. The van der Waals surface area contributed by atoms with E-state index in [9.17, 15) is 5.11 Å². The minimum Gasteiger partial charge on any atom is -0.384 e. The Bertz CT molecular complexity index is 1600. The van der Waals surface area contributed by atoms with Gasteiger partial charge in [-0.3, -0.25) is 4.98 Å². The van der Waals surface area contributed by atoms with Gasteiger partial charge in [0.05, 0.1) is 17.6 Å². The van der Waals surface area contributed by atoms with Crippen LogP contribution in [0.1, 0.15) is 37.8 Å². The molecule has 1 N–H and O–H groups in total. The number of ether oxygens (including phenoxy) is 2. The van der Waals surface area contributed by atoms with E-state index < -0.39 is 21.7 Å². The fourth-order valence-corrected chi connectivity index (χ4v) is 8.53. The number of hydrogen-bond donors (Lipinski definition) is 1. The van der Waals surface area contributed by atoms with Gasteiger partial charge in [0.25, 0.3) is 0 Å². The van der Waals surface area contributed by atoms with Crippen LogP contribution in [0, 0.1) is 11.8 Å². The first kappa shape index (κ1) is 34.0. The zero-order valence-electron chi connectivity index (χ0n) is 29.2. The number of aromatic nitrogens is 4. The molecule has 4 aromatic rings. The molecule has 8 nitrogen and oxygen atoms in total. The van der Waals surface area contributed by atoms with Crippen LogP contribution in [0.5, 0.6) is 0 Å². The Morgan fingerprint density at radius 1 is 0.851 bits per heavy atom. The number of fused-ring (bicyclic) bond motifs is 3. The van der Waals surface area contributed by atoms with Gasteiger partial charge in [-0.2, -0.15) is 9.61 Å². The zero-order chi connectivity index (χ0) is 33.2. The molecule has 0 radical (unpaired) electrons. The van der Waals surface area contributed by atoms with Crippen molar-refractivity contribution >= 4 is 27.6 Å². The molecule has 0 saturated heterocycles. The molecule has 6 rings (SSSR count). The molecule has 47 heavy (non-hydrogen) atoms. The molecule has 2 aliphatic carbocycles. The Hall–Kier alpha value is -2.90. The Balaban J connectivity index is 1.38. The van der Waals surface area contributed by atoms with Gasteiger partial charge in [-0.1, -0.05) is 88.5 Å². The van der Waals surface area contributed by atoms with E-state index in [-0.39, 0.29) is 0 Å². The van der Waals surface area contributed by atoms with Crippen LogP contribution in [0.2, 0.25) is 51.4 Å². The molecule has 3 atom stereocenters. The molecule has 3 aromatic heterocycles. The summed E-state index contributed by atoms with van der Waals surface area (Å²) in [5, 5.41) is 17.2. The predicted molar refractivity (Wildman–Crippen MR) is 196 cm³/mol. The van der Waals surface area contributed by atoms with Gasteiger partial charge in [0.2, 0.25) is 0 Å². The van der Waals surface area contributed by atoms with Gasteiger partial charge in [-0.25, -0.2) is 4.98 Å². The summed E-state index contributed by atoms with van der Waals surface area (Å²) >= 11 is 0. The predicted octanol–water partition coefficient (Wildman–Crippen LogP) is 8.29. The van der Waals surface area contributed by atoms with Crippen molar-refractivity contribution in [3.8, 4) is 22.4 Å².